The minimum Gasteiger partial charge on any atom is -0.459 e. The maximum absolute atomic E-state index is 11.6. The summed E-state index contributed by atoms with van der Waals surface area (Å²) in [4.78, 5) is 16.1. The Morgan fingerprint density at radius 2 is 1.43 bits per heavy atom. The second kappa shape index (κ2) is 7.39. The second-order valence-electron chi connectivity index (χ2n) is 4.99. The minimum atomic E-state index is -0.415. The first-order valence-corrected chi connectivity index (χ1v) is 7.00. The van der Waals surface area contributed by atoms with Gasteiger partial charge in [-0.05, 0) is 25.0 Å². The van der Waals surface area contributed by atoms with Crippen LogP contribution in [0.2, 0.25) is 0 Å². The summed E-state index contributed by atoms with van der Waals surface area (Å²) in [6.45, 7) is 3.63. The van der Waals surface area contributed by atoms with E-state index in [0.29, 0.717) is 0 Å². The molecule has 0 amide bonds. The first-order chi connectivity index (χ1) is 10.2. The number of rotatable bonds is 5. The van der Waals surface area contributed by atoms with Gasteiger partial charge in [0.25, 0.3) is 0 Å². The molecule has 0 N–H and O–H groups in total. The predicted octanol–water partition coefficient (Wildman–Crippen LogP) is 3.80. The number of aliphatic imine (C=N–C) groups is 1. The molecular weight excluding hydrogens is 262 g/mol. The third kappa shape index (κ3) is 4.56. The van der Waals surface area contributed by atoms with E-state index in [0.717, 1.165) is 11.1 Å². The van der Waals surface area contributed by atoms with Crippen molar-refractivity contribution in [3.8, 4) is 0 Å². The molecule has 0 aromatic heterocycles. The first-order valence-electron chi connectivity index (χ1n) is 7.00. The lowest BCUT2D eigenvalue weighted by atomic mass is 9.99. The number of carbonyl (C=O) groups is 1. The molecule has 2 rings (SSSR count). The number of esters is 1. The van der Waals surface area contributed by atoms with Crippen molar-refractivity contribution in [2.45, 2.75) is 26.0 Å². The lowest BCUT2D eigenvalue weighted by molar-refractivity contribution is -0.138. The molecular formula is C18H19NO2. The summed E-state index contributed by atoms with van der Waals surface area (Å²) in [5.74, 6) is -0.415. The van der Waals surface area contributed by atoms with Gasteiger partial charge in [0.15, 0.2) is 0 Å². The van der Waals surface area contributed by atoms with E-state index in [1.807, 2.05) is 74.5 Å². The molecule has 108 valence electrons. The van der Waals surface area contributed by atoms with E-state index in [4.69, 9.17) is 4.74 Å². The minimum absolute atomic E-state index is 0.143. The van der Waals surface area contributed by atoms with E-state index >= 15 is 0 Å². The van der Waals surface area contributed by atoms with Gasteiger partial charge in [0, 0.05) is 0 Å². The van der Waals surface area contributed by atoms with Crippen molar-refractivity contribution in [1.29, 1.82) is 0 Å². The highest BCUT2D eigenvalue weighted by molar-refractivity contribution is 6.23. The maximum atomic E-state index is 11.6. The highest BCUT2D eigenvalue weighted by atomic mass is 16.5. The summed E-state index contributed by atoms with van der Waals surface area (Å²) < 4.78 is 5.08. The summed E-state index contributed by atoms with van der Waals surface area (Å²) in [6, 6.07) is 19.6. The number of ether oxygens (including phenoxy) is 1. The van der Waals surface area contributed by atoms with Gasteiger partial charge >= 0.3 is 5.97 Å². The van der Waals surface area contributed by atoms with Gasteiger partial charge in [-0.25, -0.2) is 4.79 Å². The van der Waals surface area contributed by atoms with E-state index < -0.39 is 5.97 Å². The topological polar surface area (TPSA) is 38.7 Å². The van der Waals surface area contributed by atoms with E-state index in [1.165, 1.54) is 6.21 Å². The van der Waals surface area contributed by atoms with E-state index in [1.54, 1.807) is 0 Å². The molecule has 2 aromatic rings. The third-order valence-corrected chi connectivity index (χ3v) is 2.91. The number of carbonyl (C=O) groups excluding carboxylic acids is 1. The Balaban J connectivity index is 2.25. The standard InChI is InChI=1S/C18H19NO2/c1-14(2)21-17(20)13-19-18(15-9-5-3-6-10-15)16-11-7-4-8-12-16/h3-14,18H,1-2H3. The van der Waals surface area contributed by atoms with Crippen LogP contribution in [0.1, 0.15) is 31.0 Å². The Kier molecular flexibility index (Phi) is 5.27. The lowest BCUT2D eigenvalue weighted by Crippen LogP contribution is -2.13. The number of hydrogen-bond acceptors (Lipinski definition) is 3. The van der Waals surface area contributed by atoms with Crippen molar-refractivity contribution in [3.63, 3.8) is 0 Å². The lowest BCUT2D eigenvalue weighted by Gasteiger charge is -2.13. The zero-order chi connectivity index (χ0) is 15.1. The van der Waals surface area contributed by atoms with E-state index in [9.17, 15) is 4.79 Å². The molecule has 0 bridgehead atoms. The van der Waals surface area contributed by atoms with Crippen molar-refractivity contribution in [2.75, 3.05) is 0 Å². The molecule has 0 aliphatic carbocycles. The fourth-order valence-corrected chi connectivity index (χ4v) is 2.03. The van der Waals surface area contributed by atoms with Gasteiger partial charge in [0.05, 0.1) is 6.10 Å². The molecule has 0 spiro atoms. The van der Waals surface area contributed by atoms with Crippen LogP contribution in [0.5, 0.6) is 0 Å². The molecule has 0 fully saturated rings. The van der Waals surface area contributed by atoms with Crippen molar-refractivity contribution in [1.82, 2.24) is 0 Å². The van der Waals surface area contributed by atoms with Crippen molar-refractivity contribution in [3.05, 3.63) is 71.8 Å². The van der Waals surface area contributed by atoms with Crippen LogP contribution in [0.4, 0.5) is 0 Å². The predicted molar refractivity (Wildman–Crippen MR) is 84.4 cm³/mol. The molecule has 0 radical (unpaired) electrons. The molecule has 0 heterocycles. The molecule has 0 saturated carbocycles. The molecule has 0 aliphatic heterocycles. The van der Waals surface area contributed by atoms with Gasteiger partial charge in [-0.3, -0.25) is 4.99 Å². The van der Waals surface area contributed by atoms with E-state index in [-0.39, 0.29) is 12.1 Å². The van der Waals surface area contributed by atoms with Gasteiger partial charge in [-0.2, -0.15) is 0 Å². The summed E-state index contributed by atoms with van der Waals surface area (Å²) in [7, 11) is 0. The molecule has 0 saturated heterocycles. The van der Waals surface area contributed by atoms with Crippen LogP contribution < -0.4 is 0 Å². The Labute approximate surface area is 125 Å². The largest absolute Gasteiger partial charge is 0.459 e. The van der Waals surface area contributed by atoms with Gasteiger partial charge < -0.3 is 4.74 Å². The highest BCUT2D eigenvalue weighted by Crippen LogP contribution is 2.25. The average Bonchev–Trinajstić information content (AvgIpc) is 2.49. The zero-order valence-corrected chi connectivity index (χ0v) is 12.3. The van der Waals surface area contributed by atoms with Gasteiger partial charge in [-0.15, -0.1) is 0 Å². The van der Waals surface area contributed by atoms with Crippen LogP contribution in [0.3, 0.4) is 0 Å². The van der Waals surface area contributed by atoms with Crippen molar-refractivity contribution < 1.29 is 9.53 Å². The zero-order valence-electron chi connectivity index (χ0n) is 12.3. The van der Waals surface area contributed by atoms with E-state index in [2.05, 4.69) is 4.99 Å². The second-order valence-corrected chi connectivity index (χ2v) is 4.99. The molecule has 0 unspecified atom stereocenters. The highest BCUT2D eigenvalue weighted by Gasteiger charge is 2.12. The monoisotopic (exact) mass is 281 g/mol. The van der Waals surface area contributed by atoms with Crippen LogP contribution in [-0.4, -0.2) is 18.3 Å². The third-order valence-electron chi connectivity index (χ3n) is 2.91. The number of benzene rings is 2. The van der Waals surface area contributed by atoms with Crippen LogP contribution in [0, 0.1) is 0 Å². The van der Waals surface area contributed by atoms with Gasteiger partial charge in [-0.1, -0.05) is 60.7 Å². The average molecular weight is 281 g/mol. The Morgan fingerprint density at radius 3 is 1.86 bits per heavy atom. The first kappa shape index (κ1) is 15.0. The quantitative estimate of drug-likeness (QED) is 0.617. The van der Waals surface area contributed by atoms with Crippen LogP contribution in [0.25, 0.3) is 0 Å². The Morgan fingerprint density at radius 1 is 0.952 bits per heavy atom. The maximum Gasteiger partial charge on any atom is 0.349 e. The Hall–Kier alpha value is -2.42. The Bertz CT molecular complexity index is 552. The number of nitrogens with zero attached hydrogens (tertiary/aromatic N) is 1. The van der Waals surface area contributed by atoms with Crippen LogP contribution in [-0.2, 0) is 9.53 Å². The van der Waals surface area contributed by atoms with Crippen molar-refractivity contribution in [2.24, 2.45) is 4.99 Å². The van der Waals surface area contributed by atoms with Crippen LogP contribution >= 0.6 is 0 Å². The molecule has 3 nitrogen and oxygen atoms in total. The smallest absolute Gasteiger partial charge is 0.349 e. The molecule has 3 heteroatoms. The molecule has 21 heavy (non-hydrogen) atoms. The van der Waals surface area contributed by atoms with Crippen LogP contribution in [0.15, 0.2) is 65.7 Å². The van der Waals surface area contributed by atoms with Crippen molar-refractivity contribution >= 4 is 12.2 Å². The normalized spacial score (nSPS) is 11.2. The summed E-state index contributed by atoms with van der Waals surface area (Å²) in [5.41, 5.74) is 2.08. The molecule has 0 atom stereocenters. The summed E-state index contributed by atoms with van der Waals surface area (Å²) in [6.07, 6.45) is 1.13. The SMILES string of the molecule is CC(C)OC(=O)C=NC(c1ccccc1)c1ccccc1. The van der Waals surface area contributed by atoms with Gasteiger partial charge in [0.1, 0.15) is 12.3 Å². The summed E-state index contributed by atoms with van der Waals surface area (Å²) >= 11 is 0. The fraction of sp³-hybridized carbons (Fsp3) is 0.222. The number of hydrogen-bond donors (Lipinski definition) is 0. The molecule has 2 aromatic carbocycles. The summed E-state index contributed by atoms with van der Waals surface area (Å²) in [5, 5.41) is 0. The fourth-order valence-electron chi connectivity index (χ4n) is 2.03. The van der Waals surface area contributed by atoms with Gasteiger partial charge in [0.2, 0.25) is 0 Å². The molecule has 0 aliphatic rings.